The molecule has 8 heteroatoms. The first-order chi connectivity index (χ1) is 12.3. The second-order valence-corrected chi connectivity index (χ2v) is 6.89. The standard InChI is InChI=1S/C18H17BrF4N2O/c19-13-3-6-16(20)15(11-13)17(25-9-7-24-8-10-25)12-1-4-14(5-2-12)26-18(21,22)23/h1-6,11,17,24H,7-10H2/t17-/m1/s1. The molecule has 2 aromatic rings. The molecule has 1 atom stereocenters. The average Bonchev–Trinajstić information content (AvgIpc) is 2.59. The van der Waals surface area contributed by atoms with Crippen LogP contribution in [0.5, 0.6) is 5.75 Å². The fourth-order valence-electron chi connectivity index (χ4n) is 3.10. The number of nitrogens with zero attached hydrogens (tertiary/aromatic N) is 1. The summed E-state index contributed by atoms with van der Waals surface area (Å²) < 4.78 is 56.3. The Morgan fingerprint density at radius 3 is 2.31 bits per heavy atom. The van der Waals surface area contributed by atoms with Gasteiger partial charge in [0.15, 0.2) is 0 Å². The molecule has 1 saturated heterocycles. The third kappa shape index (κ3) is 4.75. The minimum absolute atomic E-state index is 0.296. The highest BCUT2D eigenvalue weighted by atomic mass is 79.9. The number of ether oxygens (including phenoxy) is 1. The molecule has 0 radical (unpaired) electrons. The number of benzene rings is 2. The Kier molecular flexibility index (Phi) is 5.84. The topological polar surface area (TPSA) is 24.5 Å². The highest BCUT2D eigenvalue weighted by molar-refractivity contribution is 9.10. The number of rotatable bonds is 4. The molecule has 0 amide bonds. The van der Waals surface area contributed by atoms with Crippen LogP contribution in [0.2, 0.25) is 0 Å². The molecular weight excluding hydrogens is 416 g/mol. The highest BCUT2D eigenvalue weighted by Crippen LogP contribution is 2.34. The molecule has 0 aromatic heterocycles. The maximum atomic E-state index is 14.5. The van der Waals surface area contributed by atoms with Gasteiger partial charge >= 0.3 is 6.36 Å². The van der Waals surface area contributed by atoms with Gasteiger partial charge in [0.25, 0.3) is 0 Å². The lowest BCUT2D eigenvalue weighted by atomic mass is 9.96. The molecule has 0 unspecified atom stereocenters. The zero-order valence-corrected chi connectivity index (χ0v) is 15.3. The third-order valence-corrected chi connectivity index (χ3v) is 4.69. The van der Waals surface area contributed by atoms with Crippen molar-refractivity contribution in [3.63, 3.8) is 0 Å². The Labute approximate surface area is 157 Å². The van der Waals surface area contributed by atoms with Crippen LogP contribution < -0.4 is 10.1 Å². The van der Waals surface area contributed by atoms with E-state index in [1.165, 1.54) is 18.2 Å². The summed E-state index contributed by atoms with van der Waals surface area (Å²) in [6.07, 6.45) is -4.74. The zero-order chi connectivity index (χ0) is 18.7. The summed E-state index contributed by atoms with van der Waals surface area (Å²) in [5.74, 6) is -0.651. The van der Waals surface area contributed by atoms with Crippen molar-refractivity contribution in [3.05, 3.63) is 63.9 Å². The van der Waals surface area contributed by atoms with Crippen LogP contribution in [0.4, 0.5) is 17.6 Å². The van der Waals surface area contributed by atoms with Crippen LogP contribution in [-0.4, -0.2) is 37.4 Å². The van der Waals surface area contributed by atoms with Gasteiger partial charge < -0.3 is 10.1 Å². The van der Waals surface area contributed by atoms with Crippen molar-refractivity contribution in [3.8, 4) is 5.75 Å². The van der Waals surface area contributed by atoms with Crippen LogP contribution in [0.25, 0.3) is 0 Å². The minimum Gasteiger partial charge on any atom is -0.406 e. The fraction of sp³-hybridized carbons (Fsp3) is 0.333. The zero-order valence-electron chi connectivity index (χ0n) is 13.7. The Bertz CT molecular complexity index is 746. The third-order valence-electron chi connectivity index (χ3n) is 4.20. The minimum atomic E-state index is -4.74. The normalized spacial score (nSPS) is 17.1. The van der Waals surface area contributed by atoms with Gasteiger partial charge in [-0.25, -0.2) is 4.39 Å². The van der Waals surface area contributed by atoms with E-state index in [2.05, 4.69) is 30.9 Å². The molecule has 26 heavy (non-hydrogen) atoms. The van der Waals surface area contributed by atoms with Gasteiger partial charge in [-0.15, -0.1) is 13.2 Å². The maximum Gasteiger partial charge on any atom is 0.573 e. The summed E-state index contributed by atoms with van der Waals surface area (Å²) in [5, 5.41) is 3.24. The first-order valence-corrected chi connectivity index (χ1v) is 8.88. The number of hydrogen-bond acceptors (Lipinski definition) is 3. The molecule has 1 aliphatic rings. The van der Waals surface area contributed by atoms with E-state index < -0.39 is 12.4 Å². The van der Waals surface area contributed by atoms with Crippen molar-refractivity contribution in [1.82, 2.24) is 10.2 Å². The lowest BCUT2D eigenvalue weighted by Crippen LogP contribution is -2.45. The summed E-state index contributed by atoms with van der Waals surface area (Å²) >= 11 is 3.36. The van der Waals surface area contributed by atoms with Gasteiger partial charge in [-0.2, -0.15) is 0 Å². The van der Waals surface area contributed by atoms with Crippen LogP contribution in [0.1, 0.15) is 17.2 Å². The van der Waals surface area contributed by atoms with Gasteiger partial charge in [0.2, 0.25) is 0 Å². The highest BCUT2D eigenvalue weighted by Gasteiger charge is 2.31. The molecule has 3 nitrogen and oxygen atoms in total. The molecule has 0 saturated carbocycles. The van der Waals surface area contributed by atoms with E-state index in [9.17, 15) is 17.6 Å². The molecule has 140 valence electrons. The lowest BCUT2D eigenvalue weighted by molar-refractivity contribution is -0.274. The molecule has 3 rings (SSSR count). The molecule has 1 N–H and O–H groups in total. The van der Waals surface area contributed by atoms with Gasteiger partial charge in [0.05, 0.1) is 6.04 Å². The van der Waals surface area contributed by atoms with E-state index in [1.807, 2.05) is 0 Å². The second kappa shape index (κ2) is 7.94. The second-order valence-electron chi connectivity index (χ2n) is 5.97. The largest absolute Gasteiger partial charge is 0.573 e. The Morgan fingerprint density at radius 2 is 1.69 bits per heavy atom. The molecule has 1 heterocycles. The van der Waals surface area contributed by atoms with Crippen LogP contribution in [0, 0.1) is 5.82 Å². The van der Waals surface area contributed by atoms with E-state index in [0.717, 1.165) is 17.6 Å². The Balaban J connectivity index is 1.96. The summed E-state index contributed by atoms with van der Waals surface area (Å²) in [6, 6.07) is 9.94. The van der Waals surface area contributed by atoms with Crippen molar-refractivity contribution < 1.29 is 22.3 Å². The van der Waals surface area contributed by atoms with Gasteiger partial charge in [0.1, 0.15) is 11.6 Å². The molecule has 0 bridgehead atoms. The smallest absolute Gasteiger partial charge is 0.406 e. The summed E-state index contributed by atoms with van der Waals surface area (Å²) in [5.41, 5.74) is 1.18. The Morgan fingerprint density at radius 1 is 1.04 bits per heavy atom. The van der Waals surface area contributed by atoms with Crippen molar-refractivity contribution in [2.45, 2.75) is 12.4 Å². The van der Waals surface area contributed by atoms with Gasteiger partial charge in [-0.3, -0.25) is 4.90 Å². The van der Waals surface area contributed by atoms with Crippen LogP contribution in [-0.2, 0) is 0 Å². The van der Waals surface area contributed by atoms with Gasteiger partial charge in [-0.1, -0.05) is 28.1 Å². The Hall–Kier alpha value is -1.64. The molecular formula is C18H17BrF4N2O. The summed E-state index contributed by atoms with van der Waals surface area (Å²) in [7, 11) is 0. The number of alkyl halides is 3. The van der Waals surface area contributed by atoms with Gasteiger partial charge in [-0.05, 0) is 35.9 Å². The van der Waals surface area contributed by atoms with Gasteiger partial charge in [0, 0.05) is 36.2 Å². The first-order valence-electron chi connectivity index (χ1n) is 8.09. The van der Waals surface area contributed by atoms with Crippen molar-refractivity contribution in [1.29, 1.82) is 0 Å². The first kappa shape index (κ1) is 19.1. The van der Waals surface area contributed by atoms with E-state index in [1.54, 1.807) is 24.3 Å². The summed E-state index contributed by atoms with van der Waals surface area (Å²) in [4.78, 5) is 2.11. The number of halogens is 5. The predicted octanol–water partition coefficient (Wildman–Crippen LogP) is 4.48. The number of piperazine rings is 1. The lowest BCUT2D eigenvalue weighted by Gasteiger charge is -2.35. The predicted molar refractivity (Wildman–Crippen MR) is 93.5 cm³/mol. The number of hydrogen-bond donors (Lipinski definition) is 1. The quantitative estimate of drug-likeness (QED) is 0.720. The summed E-state index contributed by atoms with van der Waals surface area (Å²) in [6.45, 7) is 2.94. The monoisotopic (exact) mass is 432 g/mol. The van der Waals surface area contributed by atoms with E-state index in [0.29, 0.717) is 24.2 Å². The van der Waals surface area contributed by atoms with Crippen LogP contribution in [0.3, 0.4) is 0 Å². The molecule has 0 aliphatic carbocycles. The van der Waals surface area contributed by atoms with Crippen molar-refractivity contribution in [2.24, 2.45) is 0 Å². The molecule has 0 spiro atoms. The van der Waals surface area contributed by atoms with E-state index >= 15 is 0 Å². The average molecular weight is 433 g/mol. The van der Waals surface area contributed by atoms with Crippen LogP contribution >= 0.6 is 15.9 Å². The maximum absolute atomic E-state index is 14.5. The van der Waals surface area contributed by atoms with Crippen molar-refractivity contribution >= 4 is 15.9 Å². The number of nitrogens with one attached hydrogen (secondary N) is 1. The molecule has 2 aromatic carbocycles. The SMILES string of the molecule is Fc1ccc(Br)cc1[C@@H](c1ccc(OC(F)(F)F)cc1)N1CCNCC1. The van der Waals surface area contributed by atoms with E-state index in [4.69, 9.17) is 0 Å². The fourth-order valence-corrected chi connectivity index (χ4v) is 3.48. The van der Waals surface area contributed by atoms with Crippen LogP contribution in [0.15, 0.2) is 46.9 Å². The molecule has 1 aliphatic heterocycles. The molecule has 1 fully saturated rings. The van der Waals surface area contributed by atoms with E-state index in [-0.39, 0.29) is 11.6 Å². The van der Waals surface area contributed by atoms with Crippen molar-refractivity contribution in [2.75, 3.05) is 26.2 Å².